The Bertz CT molecular complexity index is 1080. The number of nitrogens with zero attached hydrogens (tertiary/aromatic N) is 2. The van der Waals surface area contributed by atoms with Gasteiger partial charge in [0.25, 0.3) is 17.4 Å². The van der Waals surface area contributed by atoms with Crippen molar-refractivity contribution in [2.24, 2.45) is 7.05 Å². The molecular weight excluding hydrogens is 358 g/mol. The molecule has 1 fully saturated rings. The van der Waals surface area contributed by atoms with Crippen LogP contribution in [0.3, 0.4) is 0 Å². The number of benzene rings is 1. The molecule has 0 radical (unpaired) electrons. The summed E-state index contributed by atoms with van der Waals surface area (Å²) in [6, 6.07) is 12.2. The molecule has 1 saturated heterocycles. The molecule has 1 aliphatic heterocycles. The van der Waals surface area contributed by atoms with Crippen LogP contribution in [0.15, 0.2) is 57.9 Å². The number of fused-ring (bicyclic) bond motifs is 1. The molecule has 7 nitrogen and oxygen atoms in total. The zero-order chi connectivity index (χ0) is 19.7. The van der Waals surface area contributed by atoms with Crippen LogP contribution < -0.4 is 10.9 Å². The molecule has 1 aliphatic rings. The predicted octanol–water partition coefficient (Wildman–Crippen LogP) is 2.17. The smallest absolute Gasteiger partial charge is 0.289 e. The lowest BCUT2D eigenvalue weighted by atomic mass is 10.0. The lowest BCUT2D eigenvalue weighted by molar-refractivity contribution is 0.0646. The first kappa shape index (κ1) is 18.0. The van der Waals surface area contributed by atoms with Gasteiger partial charge in [-0.25, -0.2) is 0 Å². The van der Waals surface area contributed by atoms with E-state index in [1.165, 1.54) is 10.8 Å². The minimum Gasteiger partial charge on any atom is -0.459 e. The van der Waals surface area contributed by atoms with Crippen molar-refractivity contribution in [1.29, 1.82) is 0 Å². The molecule has 1 aromatic carbocycles. The quantitative estimate of drug-likeness (QED) is 0.756. The number of carbonyl (C=O) groups is 2. The van der Waals surface area contributed by atoms with Gasteiger partial charge in [0.2, 0.25) is 0 Å². The van der Waals surface area contributed by atoms with Gasteiger partial charge in [-0.2, -0.15) is 0 Å². The molecule has 28 heavy (non-hydrogen) atoms. The first-order chi connectivity index (χ1) is 13.5. The van der Waals surface area contributed by atoms with Gasteiger partial charge >= 0.3 is 0 Å². The lowest BCUT2D eigenvalue weighted by Gasteiger charge is -2.32. The summed E-state index contributed by atoms with van der Waals surface area (Å²) in [5, 5.41) is 3.75. The van der Waals surface area contributed by atoms with Crippen molar-refractivity contribution < 1.29 is 14.0 Å². The maximum Gasteiger partial charge on any atom is 0.289 e. The van der Waals surface area contributed by atoms with E-state index in [1.54, 1.807) is 30.1 Å². The van der Waals surface area contributed by atoms with Gasteiger partial charge in [-0.3, -0.25) is 14.4 Å². The number of rotatable bonds is 3. The van der Waals surface area contributed by atoms with Gasteiger partial charge in [-0.15, -0.1) is 0 Å². The number of amides is 2. The maximum atomic E-state index is 12.8. The fourth-order valence-electron chi connectivity index (χ4n) is 3.68. The van der Waals surface area contributed by atoms with Gasteiger partial charge in [0.05, 0.1) is 11.8 Å². The van der Waals surface area contributed by atoms with Crippen LogP contribution in [0.2, 0.25) is 0 Å². The van der Waals surface area contributed by atoms with Crippen LogP contribution in [-0.2, 0) is 7.05 Å². The molecule has 0 saturated carbocycles. The van der Waals surface area contributed by atoms with E-state index >= 15 is 0 Å². The number of hydrogen-bond donors (Lipinski definition) is 1. The Hall–Kier alpha value is -3.35. The summed E-state index contributed by atoms with van der Waals surface area (Å²) in [4.78, 5) is 39.6. The second-order valence-corrected chi connectivity index (χ2v) is 7.02. The van der Waals surface area contributed by atoms with E-state index in [0.29, 0.717) is 13.1 Å². The molecule has 1 atom stereocenters. The van der Waals surface area contributed by atoms with Crippen molar-refractivity contribution in [2.45, 2.75) is 18.9 Å². The monoisotopic (exact) mass is 379 g/mol. The van der Waals surface area contributed by atoms with Gasteiger partial charge in [0, 0.05) is 26.2 Å². The number of para-hydroxylation sites is 1. The van der Waals surface area contributed by atoms with E-state index in [4.69, 9.17) is 4.42 Å². The highest BCUT2D eigenvalue weighted by Gasteiger charge is 2.27. The van der Waals surface area contributed by atoms with Gasteiger partial charge in [0.15, 0.2) is 5.76 Å². The average molecular weight is 379 g/mol. The Morgan fingerprint density at radius 2 is 2.00 bits per heavy atom. The number of likely N-dealkylation sites (tertiary alicyclic amines) is 1. The number of hydrogen-bond acceptors (Lipinski definition) is 4. The summed E-state index contributed by atoms with van der Waals surface area (Å²) in [7, 11) is 1.66. The molecular formula is C21H21N3O4. The zero-order valence-corrected chi connectivity index (χ0v) is 15.6. The molecule has 1 unspecified atom stereocenters. The molecule has 0 aliphatic carbocycles. The summed E-state index contributed by atoms with van der Waals surface area (Å²) in [6.45, 7) is 1.00. The van der Waals surface area contributed by atoms with Crippen LogP contribution in [0.4, 0.5) is 0 Å². The fraction of sp³-hybridized carbons (Fsp3) is 0.286. The summed E-state index contributed by atoms with van der Waals surface area (Å²) >= 11 is 0. The first-order valence-corrected chi connectivity index (χ1v) is 9.27. The Morgan fingerprint density at radius 3 is 2.79 bits per heavy atom. The summed E-state index contributed by atoms with van der Waals surface area (Å²) in [6.07, 6.45) is 2.99. The minimum absolute atomic E-state index is 0.107. The third kappa shape index (κ3) is 3.31. The summed E-state index contributed by atoms with van der Waals surface area (Å²) in [5.41, 5.74) is 0.545. The zero-order valence-electron chi connectivity index (χ0n) is 15.6. The molecule has 0 bridgehead atoms. The standard InChI is InChI=1S/C21H21N3O4/c1-23-17-8-3-2-6-14(17)12-16(20(23)26)19(25)22-15-7-4-10-24(13-15)21(27)18-9-5-11-28-18/h2-3,5-6,8-9,11-12,15H,4,7,10,13H2,1H3,(H,22,25). The van der Waals surface area contributed by atoms with E-state index in [9.17, 15) is 14.4 Å². The highest BCUT2D eigenvalue weighted by atomic mass is 16.3. The topological polar surface area (TPSA) is 84.5 Å². The van der Waals surface area contributed by atoms with Crippen molar-refractivity contribution in [3.63, 3.8) is 0 Å². The van der Waals surface area contributed by atoms with Crippen molar-refractivity contribution in [2.75, 3.05) is 13.1 Å². The Morgan fingerprint density at radius 1 is 1.18 bits per heavy atom. The van der Waals surface area contributed by atoms with E-state index in [-0.39, 0.29) is 28.8 Å². The van der Waals surface area contributed by atoms with E-state index in [1.807, 2.05) is 24.3 Å². The molecule has 144 valence electrons. The molecule has 1 N–H and O–H groups in total. The van der Waals surface area contributed by atoms with Gasteiger partial charge < -0.3 is 19.2 Å². The predicted molar refractivity (Wildman–Crippen MR) is 104 cm³/mol. The molecule has 2 amide bonds. The highest BCUT2D eigenvalue weighted by molar-refractivity contribution is 5.97. The van der Waals surface area contributed by atoms with Crippen molar-refractivity contribution in [3.05, 3.63) is 70.4 Å². The number of aryl methyl sites for hydroxylation is 1. The molecule has 0 spiro atoms. The first-order valence-electron chi connectivity index (χ1n) is 9.27. The van der Waals surface area contributed by atoms with E-state index in [2.05, 4.69) is 5.32 Å². The van der Waals surface area contributed by atoms with Crippen LogP contribution in [-0.4, -0.2) is 40.4 Å². The SMILES string of the molecule is Cn1c(=O)c(C(=O)NC2CCCN(C(=O)c3ccco3)C2)cc2ccccc21. The second-order valence-electron chi connectivity index (χ2n) is 7.02. The molecule has 2 aromatic heterocycles. The Labute approximate surface area is 161 Å². The van der Waals surface area contributed by atoms with E-state index < -0.39 is 5.91 Å². The molecule has 3 heterocycles. The summed E-state index contributed by atoms with van der Waals surface area (Å²) in [5.74, 6) is -0.315. The largest absolute Gasteiger partial charge is 0.459 e. The number of nitrogens with one attached hydrogen (secondary N) is 1. The third-order valence-corrected chi connectivity index (χ3v) is 5.15. The lowest BCUT2D eigenvalue weighted by Crippen LogP contribution is -2.50. The normalized spacial score (nSPS) is 16.9. The van der Waals surface area contributed by atoms with Gasteiger partial charge in [-0.05, 0) is 42.5 Å². The maximum absolute atomic E-state index is 12.8. The molecule has 3 aromatic rings. The third-order valence-electron chi connectivity index (χ3n) is 5.15. The molecule has 4 rings (SSSR count). The van der Waals surface area contributed by atoms with Gasteiger partial charge in [0.1, 0.15) is 5.56 Å². The highest BCUT2D eigenvalue weighted by Crippen LogP contribution is 2.16. The van der Waals surface area contributed by atoms with Crippen LogP contribution in [0.5, 0.6) is 0 Å². The average Bonchev–Trinajstić information content (AvgIpc) is 3.25. The number of furan rings is 1. The van der Waals surface area contributed by atoms with Gasteiger partial charge in [-0.1, -0.05) is 18.2 Å². The Kier molecular flexibility index (Phi) is 4.73. The fourth-order valence-corrected chi connectivity index (χ4v) is 3.68. The number of pyridine rings is 1. The van der Waals surface area contributed by atoms with Crippen molar-refractivity contribution in [3.8, 4) is 0 Å². The van der Waals surface area contributed by atoms with Crippen LogP contribution >= 0.6 is 0 Å². The Balaban J connectivity index is 1.52. The van der Waals surface area contributed by atoms with Crippen molar-refractivity contribution >= 4 is 22.7 Å². The number of piperidine rings is 1. The van der Waals surface area contributed by atoms with Crippen molar-refractivity contribution in [1.82, 2.24) is 14.8 Å². The van der Waals surface area contributed by atoms with Crippen LogP contribution in [0.25, 0.3) is 10.9 Å². The number of aromatic nitrogens is 1. The second kappa shape index (κ2) is 7.34. The van der Waals surface area contributed by atoms with Crippen LogP contribution in [0.1, 0.15) is 33.8 Å². The summed E-state index contributed by atoms with van der Waals surface area (Å²) < 4.78 is 6.67. The minimum atomic E-state index is -0.413. The van der Waals surface area contributed by atoms with E-state index in [0.717, 1.165) is 23.7 Å². The molecule has 7 heteroatoms. The van der Waals surface area contributed by atoms with Crippen LogP contribution in [0, 0.1) is 0 Å². The number of carbonyl (C=O) groups excluding carboxylic acids is 2.